The van der Waals surface area contributed by atoms with Crippen molar-refractivity contribution in [3.63, 3.8) is 0 Å². The van der Waals surface area contributed by atoms with Crippen LogP contribution in [0.1, 0.15) is 51.8 Å². The maximum atomic E-state index is 13.9. The number of H-pyrrole nitrogens is 1. The summed E-state index contributed by atoms with van der Waals surface area (Å²) < 4.78 is 18.4. The van der Waals surface area contributed by atoms with E-state index in [2.05, 4.69) is 15.1 Å². The zero-order chi connectivity index (χ0) is 27.4. The zero-order valence-electron chi connectivity index (χ0n) is 22.4. The van der Waals surface area contributed by atoms with Crippen molar-refractivity contribution in [2.24, 2.45) is 0 Å². The molecule has 2 aromatic carbocycles. The lowest BCUT2D eigenvalue weighted by atomic mass is 9.99. The number of rotatable bonds is 4. The average molecular weight is 540 g/mol. The molecule has 0 unspecified atom stereocenters. The molecule has 5 aromatic rings. The van der Waals surface area contributed by atoms with E-state index >= 15 is 0 Å². The number of imidazole rings is 1. The molecule has 1 fully saturated rings. The third-order valence-electron chi connectivity index (χ3n) is 8.15. The Bertz CT molecular complexity index is 1810. The lowest BCUT2D eigenvalue weighted by molar-refractivity contribution is 0.0728. The number of aromatic nitrogens is 4. The van der Waals surface area contributed by atoms with E-state index in [9.17, 15) is 9.59 Å². The fraction of sp³-hybridized carbons (Fsp3) is 0.333. The van der Waals surface area contributed by atoms with E-state index < -0.39 is 0 Å². The molecule has 0 radical (unpaired) electrons. The maximum absolute atomic E-state index is 13.9. The third kappa shape index (κ3) is 3.98. The van der Waals surface area contributed by atoms with Gasteiger partial charge in [-0.3, -0.25) is 14.0 Å². The topological polar surface area (TPSA) is 115 Å². The summed E-state index contributed by atoms with van der Waals surface area (Å²) in [4.78, 5) is 36.3. The minimum atomic E-state index is -0.225. The molecular formula is C30H29N5O5. The predicted octanol–water partition coefficient (Wildman–Crippen LogP) is 4.24. The second kappa shape index (κ2) is 9.63. The van der Waals surface area contributed by atoms with Gasteiger partial charge in [-0.25, -0.2) is 4.98 Å². The van der Waals surface area contributed by atoms with E-state index in [1.54, 1.807) is 19.4 Å². The Balaban J connectivity index is 1.24. The number of amides is 1. The largest absolute Gasteiger partial charge is 0.497 e. The first kappa shape index (κ1) is 24.6. The van der Waals surface area contributed by atoms with Gasteiger partial charge in [0.05, 0.1) is 30.9 Å². The van der Waals surface area contributed by atoms with E-state index in [-0.39, 0.29) is 17.4 Å². The second-order valence-corrected chi connectivity index (χ2v) is 10.5. The standard InChI is InChI=1S/C30H29N5O5/c1-17-13-24-23(32-29(36)25-15-31-28(35(24)25)19-8-11-39-12-9-19)14-21(17)30(37)34-10-7-26-22(16-34)27(33-40-26)18-3-5-20(38-2)6-4-18/h3-6,13-15,19H,7-12,16H2,1-2H3,(H,32,36). The number of aryl methyl sites for hydroxylation is 1. The second-order valence-electron chi connectivity index (χ2n) is 10.5. The maximum Gasteiger partial charge on any atom is 0.274 e. The van der Waals surface area contributed by atoms with Crippen LogP contribution in [0.3, 0.4) is 0 Å². The Morgan fingerprint density at radius 2 is 1.93 bits per heavy atom. The summed E-state index contributed by atoms with van der Waals surface area (Å²) in [6.07, 6.45) is 3.95. The number of hydrogen-bond donors (Lipinski definition) is 1. The van der Waals surface area contributed by atoms with Gasteiger partial charge in [0.15, 0.2) is 0 Å². The molecule has 0 atom stereocenters. The quantitative estimate of drug-likeness (QED) is 0.363. The summed E-state index contributed by atoms with van der Waals surface area (Å²) in [5.74, 6) is 2.56. The van der Waals surface area contributed by atoms with Crippen LogP contribution >= 0.6 is 0 Å². The van der Waals surface area contributed by atoms with Crippen molar-refractivity contribution in [3.05, 3.63) is 81.2 Å². The van der Waals surface area contributed by atoms with Gasteiger partial charge in [0.25, 0.3) is 11.5 Å². The number of fused-ring (bicyclic) bond motifs is 4. The van der Waals surface area contributed by atoms with Crippen LogP contribution in [0.2, 0.25) is 0 Å². The molecule has 7 rings (SSSR count). The number of methoxy groups -OCH3 is 1. The number of benzene rings is 2. The molecule has 0 saturated carbocycles. The van der Waals surface area contributed by atoms with Gasteiger partial charge < -0.3 is 23.9 Å². The van der Waals surface area contributed by atoms with Gasteiger partial charge in [-0.2, -0.15) is 0 Å². The summed E-state index contributed by atoms with van der Waals surface area (Å²) >= 11 is 0. The van der Waals surface area contributed by atoms with E-state index in [0.717, 1.165) is 58.1 Å². The molecular weight excluding hydrogens is 510 g/mol. The van der Waals surface area contributed by atoms with Gasteiger partial charge in [0, 0.05) is 48.8 Å². The van der Waals surface area contributed by atoms with Crippen LogP contribution in [0.5, 0.6) is 5.75 Å². The van der Waals surface area contributed by atoms with Crippen LogP contribution in [0, 0.1) is 6.92 Å². The average Bonchev–Trinajstić information content (AvgIpc) is 3.63. The molecule has 2 aliphatic heterocycles. The van der Waals surface area contributed by atoms with Crippen molar-refractivity contribution in [3.8, 4) is 17.0 Å². The summed E-state index contributed by atoms with van der Waals surface area (Å²) in [5, 5.41) is 4.32. The normalized spacial score (nSPS) is 16.0. The summed E-state index contributed by atoms with van der Waals surface area (Å²) in [7, 11) is 1.63. The molecule has 10 nitrogen and oxygen atoms in total. The van der Waals surface area contributed by atoms with Gasteiger partial charge in [0.2, 0.25) is 0 Å². The van der Waals surface area contributed by atoms with Crippen LogP contribution in [0.25, 0.3) is 27.8 Å². The first-order chi connectivity index (χ1) is 19.5. The highest BCUT2D eigenvalue weighted by molar-refractivity contribution is 5.99. The van der Waals surface area contributed by atoms with Gasteiger partial charge in [-0.05, 0) is 61.7 Å². The van der Waals surface area contributed by atoms with E-state index in [0.29, 0.717) is 49.3 Å². The number of aromatic amines is 1. The molecule has 1 N–H and O–H groups in total. The van der Waals surface area contributed by atoms with Crippen LogP contribution in [-0.4, -0.2) is 57.2 Å². The number of ether oxygens (including phenoxy) is 2. The Hall–Kier alpha value is -4.44. The first-order valence-electron chi connectivity index (χ1n) is 13.5. The number of nitrogens with one attached hydrogen (secondary N) is 1. The minimum absolute atomic E-state index is 0.0943. The van der Waals surface area contributed by atoms with Gasteiger partial charge >= 0.3 is 0 Å². The highest BCUT2D eigenvalue weighted by Gasteiger charge is 2.29. The number of nitrogens with zero attached hydrogens (tertiary/aromatic N) is 4. The smallest absolute Gasteiger partial charge is 0.274 e. The van der Waals surface area contributed by atoms with Gasteiger partial charge in [-0.15, -0.1) is 0 Å². The van der Waals surface area contributed by atoms with Crippen LogP contribution in [0.4, 0.5) is 0 Å². The highest BCUT2D eigenvalue weighted by Crippen LogP contribution is 2.33. The lowest BCUT2D eigenvalue weighted by Crippen LogP contribution is -2.36. The Labute approximate surface area is 229 Å². The van der Waals surface area contributed by atoms with E-state index in [1.807, 2.05) is 46.6 Å². The van der Waals surface area contributed by atoms with E-state index in [1.165, 1.54) is 0 Å². The van der Waals surface area contributed by atoms with Gasteiger partial charge in [-0.1, -0.05) is 5.16 Å². The number of hydrogen-bond acceptors (Lipinski definition) is 7. The fourth-order valence-electron chi connectivity index (χ4n) is 5.95. The highest BCUT2D eigenvalue weighted by atomic mass is 16.5. The summed E-state index contributed by atoms with van der Waals surface area (Å²) in [6.45, 7) is 4.21. The Morgan fingerprint density at radius 1 is 1.12 bits per heavy atom. The molecule has 1 amide bonds. The first-order valence-corrected chi connectivity index (χ1v) is 13.5. The number of carbonyl (C=O) groups is 1. The lowest BCUT2D eigenvalue weighted by Gasteiger charge is -2.27. The molecule has 10 heteroatoms. The number of carbonyl (C=O) groups excluding carboxylic acids is 1. The monoisotopic (exact) mass is 539 g/mol. The molecule has 0 bridgehead atoms. The van der Waals surface area contributed by atoms with Crippen molar-refractivity contribution in [1.82, 2.24) is 24.4 Å². The summed E-state index contributed by atoms with van der Waals surface area (Å²) in [5.41, 5.74) is 5.68. The Kier molecular flexibility index (Phi) is 5.92. The van der Waals surface area contributed by atoms with Crippen molar-refractivity contribution in [1.29, 1.82) is 0 Å². The van der Waals surface area contributed by atoms with Crippen molar-refractivity contribution in [2.45, 2.75) is 38.6 Å². The summed E-state index contributed by atoms with van der Waals surface area (Å²) in [6, 6.07) is 11.4. The van der Waals surface area contributed by atoms with Crippen LogP contribution < -0.4 is 10.3 Å². The molecule has 40 heavy (non-hydrogen) atoms. The molecule has 3 aromatic heterocycles. The Morgan fingerprint density at radius 3 is 2.70 bits per heavy atom. The SMILES string of the molecule is COc1ccc(-c2noc3c2CN(C(=O)c2cc4[nH]c(=O)c5cnc(C6CCOCC6)n5c4cc2C)CC3)cc1. The molecule has 2 aliphatic rings. The molecule has 5 heterocycles. The van der Waals surface area contributed by atoms with Crippen molar-refractivity contribution >= 4 is 22.5 Å². The van der Waals surface area contributed by atoms with Crippen LogP contribution in [-0.2, 0) is 17.7 Å². The van der Waals surface area contributed by atoms with E-state index in [4.69, 9.17) is 14.0 Å². The third-order valence-corrected chi connectivity index (χ3v) is 8.15. The van der Waals surface area contributed by atoms with Crippen molar-refractivity contribution in [2.75, 3.05) is 26.9 Å². The molecule has 0 spiro atoms. The fourth-order valence-corrected chi connectivity index (χ4v) is 5.95. The zero-order valence-corrected chi connectivity index (χ0v) is 22.4. The molecule has 0 aliphatic carbocycles. The van der Waals surface area contributed by atoms with Crippen LogP contribution in [0.15, 0.2) is 51.9 Å². The molecule has 1 saturated heterocycles. The predicted molar refractivity (Wildman–Crippen MR) is 148 cm³/mol. The minimum Gasteiger partial charge on any atom is -0.497 e. The molecule has 204 valence electrons. The van der Waals surface area contributed by atoms with Crippen molar-refractivity contribution < 1.29 is 18.8 Å². The van der Waals surface area contributed by atoms with Gasteiger partial charge in [0.1, 0.15) is 28.5 Å².